The molecule has 3 nitrogen and oxygen atoms in total. The maximum absolute atomic E-state index is 10.7. The van der Waals surface area contributed by atoms with Gasteiger partial charge in [0, 0.05) is 5.69 Å². The number of pyridine rings is 1. The number of aryl methyl sites for hydroxylation is 2. The van der Waals surface area contributed by atoms with E-state index in [1.807, 2.05) is 26.0 Å². The Morgan fingerprint density at radius 2 is 2.08 bits per heavy atom. The predicted molar refractivity (Wildman–Crippen MR) is 49.8 cm³/mol. The van der Waals surface area contributed by atoms with Gasteiger partial charge < -0.3 is 5.11 Å². The first kappa shape index (κ1) is 9.71. The van der Waals surface area contributed by atoms with Gasteiger partial charge in [0.1, 0.15) is 0 Å². The van der Waals surface area contributed by atoms with Gasteiger partial charge in [-0.05, 0) is 38.5 Å². The van der Waals surface area contributed by atoms with Crippen LogP contribution in [-0.2, 0) is 4.79 Å². The summed E-state index contributed by atoms with van der Waals surface area (Å²) in [6.45, 7) is 5.45. The molecule has 0 aliphatic carbocycles. The number of rotatable bonds is 2. The molecule has 0 aliphatic heterocycles. The minimum Gasteiger partial charge on any atom is -0.481 e. The summed E-state index contributed by atoms with van der Waals surface area (Å²) < 4.78 is 0. The first-order valence-corrected chi connectivity index (χ1v) is 4.18. The smallest absolute Gasteiger partial charge is 0.312 e. The van der Waals surface area contributed by atoms with E-state index in [2.05, 4.69) is 4.98 Å². The van der Waals surface area contributed by atoms with Gasteiger partial charge in [0.15, 0.2) is 0 Å². The molecule has 0 spiro atoms. The summed E-state index contributed by atoms with van der Waals surface area (Å²) in [5.41, 5.74) is 2.55. The molecule has 3 heteroatoms. The highest BCUT2D eigenvalue weighted by molar-refractivity contribution is 5.74. The Kier molecular flexibility index (Phi) is 2.66. The van der Waals surface area contributed by atoms with E-state index in [9.17, 15) is 4.79 Å². The summed E-state index contributed by atoms with van der Waals surface area (Å²) in [6.07, 6.45) is 0. The molecule has 1 heterocycles. The molecule has 13 heavy (non-hydrogen) atoms. The van der Waals surface area contributed by atoms with Crippen LogP contribution in [0.15, 0.2) is 12.1 Å². The van der Waals surface area contributed by atoms with Gasteiger partial charge >= 0.3 is 5.97 Å². The Bertz CT molecular complexity index is 313. The normalized spacial score (nSPS) is 12.5. The molecule has 1 unspecified atom stereocenters. The standard InChI is InChI=1S/C10H13NO2/c1-6-4-7(2)11-9(5-6)8(3)10(12)13/h4-5,8H,1-3H3,(H,12,13). The second-order valence-electron chi connectivity index (χ2n) is 3.27. The summed E-state index contributed by atoms with van der Waals surface area (Å²) in [5, 5.41) is 8.78. The maximum atomic E-state index is 10.7. The van der Waals surface area contributed by atoms with Crippen LogP contribution < -0.4 is 0 Å². The summed E-state index contributed by atoms with van der Waals surface area (Å²) in [4.78, 5) is 14.9. The van der Waals surface area contributed by atoms with Crippen LogP contribution in [0.25, 0.3) is 0 Å². The molecule has 0 aromatic carbocycles. The lowest BCUT2D eigenvalue weighted by Gasteiger charge is -2.07. The van der Waals surface area contributed by atoms with Crippen molar-refractivity contribution in [3.05, 3.63) is 29.1 Å². The summed E-state index contributed by atoms with van der Waals surface area (Å²) >= 11 is 0. The number of aliphatic carboxylic acids is 1. The van der Waals surface area contributed by atoms with Crippen molar-refractivity contribution < 1.29 is 9.90 Å². The van der Waals surface area contributed by atoms with Crippen LogP contribution >= 0.6 is 0 Å². The second kappa shape index (κ2) is 3.56. The zero-order valence-corrected chi connectivity index (χ0v) is 8.03. The molecule has 0 fully saturated rings. The van der Waals surface area contributed by atoms with Gasteiger partial charge in [-0.1, -0.05) is 0 Å². The van der Waals surface area contributed by atoms with Gasteiger partial charge in [-0.2, -0.15) is 0 Å². The van der Waals surface area contributed by atoms with E-state index in [0.29, 0.717) is 5.69 Å². The number of nitrogens with zero attached hydrogens (tertiary/aromatic N) is 1. The van der Waals surface area contributed by atoms with Crippen LogP contribution in [0.5, 0.6) is 0 Å². The predicted octanol–water partition coefficient (Wildman–Crippen LogP) is 1.89. The third-order valence-electron chi connectivity index (χ3n) is 1.93. The summed E-state index contributed by atoms with van der Waals surface area (Å²) in [7, 11) is 0. The number of aromatic nitrogens is 1. The molecular formula is C10H13NO2. The number of hydrogen-bond acceptors (Lipinski definition) is 2. The van der Waals surface area contributed by atoms with Gasteiger partial charge in [-0.3, -0.25) is 9.78 Å². The Balaban J connectivity index is 3.07. The fraction of sp³-hybridized carbons (Fsp3) is 0.400. The molecule has 1 N–H and O–H groups in total. The van der Waals surface area contributed by atoms with Crippen molar-refractivity contribution >= 4 is 5.97 Å². The molecule has 0 radical (unpaired) electrons. The van der Waals surface area contributed by atoms with Crippen molar-refractivity contribution in [2.24, 2.45) is 0 Å². The molecular weight excluding hydrogens is 166 g/mol. The molecule has 70 valence electrons. The van der Waals surface area contributed by atoms with Crippen molar-refractivity contribution in [3.63, 3.8) is 0 Å². The number of carboxylic acids is 1. The average Bonchev–Trinajstić information content (AvgIpc) is 2.01. The summed E-state index contributed by atoms with van der Waals surface area (Å²) in [6, 6.07) is 3.74. The lowest BCUT2D eigenvalue weighted by Crippen LogP contribution is -2.09. The fourth-order valence-electron chi connectivity index (χ4n) is 1.22. The Morgan fingerprint density at radius 1 is 1.46 bits per heavy atom. The van der Waals surface area contributed by atoms with Gasteiger partial charge in [-0.25, -0.2) is 0 Å². The summed E-state index contributed by atoms with van der Waals surface area (Å²) in [5.74, 6) is -1.36. The van der Waals surface area contributed by atoms with E-state index in [1.54, 1.807) is 6.92 Å². The topological polar surface area (TPSA) is 50.2 Å². The van der Waals surface area contributed by atoms with E-state index in [0.717, 1.165) is 11.3 Å². The van der Waals surface area contributed by atoms with Crippen molar-refractivity contribution in [1.82, 2.24) is 4.98 Å². The SMILES string of the molecule is Cc1cc(C)nc(C(C)C(=O)O)c1. The average molecular weight is 179 g/mol. The second-order valence-corrected chi connectivity index (χ2v) is 3.27. The minimum absolute atomic E-state index is 0.529. The van der Waals surface area contributed by atoms with E-state index >= 15 is 0 Å². The molecule has 0 aliphatic rings. The lowest BCUT2D eigenvalue weighted by atomic mass is 10.1. The maximum Gasteiger partial charge on any atom is 0.312 e. The van der Waals surface area contributed by atoms with Crippen LogP contribution in [0.2, 0.25) is 0 Å². The zero-order valence-electron chi connectivity index (χ0n) is 8.03. The van der Waals surface area contributed by atoms with Crippen molar-refractivity contribution in [1.29, 1.82) is 0 Å². The molecule has 0 bridgehead atoms. The van der Waals surface area contributed by atoms with Crippen LogP contribution in [0.4, 0.5) is 0 Å². The van der Waals surface area contributed by atoms with E-state index < -0.39 is 11.9 Å². The number of carboxylic acid groups (broad SMARTS) is 1. The van der Waals surface area contributed by atoms with E-state index in [1.165, 1.54) is 0 Å². The van der Waals surface area contributed by atoms with Crippen molar-refractivity contribution in [3.8, 4) is 0 Å². The largest absolute Gasteiger partial charge is 0.481 e. The van der Waals surface area contributed by atoms with Crippen molar-refractivity contribution in [2.75, 3.05) is 0 Å². The van der Waals surface area contributed by atoms with Gasteiger partial charge in [-0.15, -0.1) is 0 Å². The molecule has 0 saturated carbocycles. The minimum atomic E-state index is -0.836. The van der Waals surface area contributed by atoms with Crippen LogP contribution in [-0.4, -0.2) is 16.1 Å². The molecule has 1 rings (SSSR count). The highest BCUT2D eigenvalue weighted by Crippen LogP contribution is 2.14. The zero-order chi connectivity index (χ0) is 10.0. The molecule has 0 amide bonds. The third-order valence-corrected chi connectivity index (χ3v) is 1.93. The first-order valence-electron chi connectivity index (χ1n) is 4.18. The van der Waals surface area contributed by atoms with Gasteiger partial charge in [0.25, 0.3) is 0 Å². The number of hydrogen-bond donors (Lipinski definition) is 1. The Hall–Kier alpha value is -1.38. The first-order chi connectivity index (χ1) is 6.00. The molecule has 1 atom stereocenters. The highest BCUT2D eigenvalue weighted by Gasteiger charge is 2.15. The van der Waals surface area contributed by atoms with Crippen molar-refractivity contribution in [2.45, 2.75) is 26.7 Å². The van der Waals surface area contributed by atoms with E-state index in [4.69, 9.17) is 5.11 Å². The molecule has 0 saturated heterocycles. The Morgan fingerprint density at radius 3 is 2.54 bits per heavy atom. The monoisotopic (exact) mass is 179 g/mol. The van der Waals surface area contributed by atoms with E-state index in [-0.39, 0.29) is 0 Å². The van der Waals surface area contributed by atoms with Crippen LogP contribution in [0.1, 0.15) is 29.8 Å². The van der Waals surface area contributed by atoms with Gasteiger partial charge in [0.05, 0.1) is 11.6 Å². The highest BCUT2D eigenvalue weighted by atomic mass is 16.4. The quantitative estimate of drug-likeness (QED) is 0.754. The van der Waals surface area contributed by atoms with Gasteiger partial charge in [0.2, 0.25) is 0 Å². The third kappa shape index (κ3) is 2.28. The fourth-order valence-corrected chi connectivity index (χ4v) is 1.22. The molecule has 1 aromatic rings. The van der Waals surface area contributed by atoms with Crippen LogP contribution in [0, 0.1) is 13.8 Å². The van der Waals surface area contributed by atoms with Crippen LogP contribution in [0.3, 0.4) is 0 Å². The Labute approximate surface area is 77.4 Å². The lowest BCUT2D eigenvalue weighted by molar-refractivity contribution is -0.138. The number of carbonyl (C=O) groups is 1. The molecule has 1 aromatic heterocycles.